The minimum absolute atomic E-state index is 0.0114. The van der Waals surface area contributed by atoms with Crippen LogP contribution in [0.25, 0.3) is 11.1 Å². The molecule has 0 radical (unpaired) electrons. The number of fused-ring (bicyclic) bond motifs is 3. The topological polar surface area (TPSA) is 105 Å². The summed E-state index contributed by atoms with van der Waals surface area (Å²) in [5.41, 5.74) is 4.69. The highest BCUT2D eigenvalue weighted by Crippen LogP contribution is 2.44. The van der Waals surface area contributed by atoms with Crippen molar-refractivity contribution in [2.24, 2.45) is 0 Å². The number of nitrogens with zero attached hydrogens (tertiary/aromatic N) is 1. The number of nitrogens with one attached hydrogen (secondary N) is 1. The van der Waals surface area contributed by atoms with Gasteiger partial charge in [-0.1, -0.05) is 60.7 Å². The lowest BCUT2D eigenvalue weighted by atomic mass is 9.98. The van der Waals surface area contributed by atoms with Crippen LogP contribution in [-0.4, -0.2) is 56.5 Å². The van der Waals surface area contributed by atoms with Gasteiger partial charge in [-0.25, -0.2) is 9.59 Å². The van der Waals surface area contributed by atoms with Gasteiger partial charge in [-0.2, -0.15) is 0 Å². The zero-order chi connectivity index (χ0) is 24.9. The number of carbonyl (C=O) groups excluding carboxylic acids is 2. The van der Waals surface area contributed by atoms with Crippen molar-refractivity contribution in [1.82, 2.24) is 5.32 Å². The van der Waals surface area contributed by atoms with Crippen molar-refractivity contribution in [2.75, 3.05) is 32.2 Å². The second-order valence-electron chi connectivity index (χ2n) is 8.15. The van der Waals surface area contributed by atoms with E-state index in [0.29, 0.717) is 0 Å². The Labute approximate surface area is 203 Å². The van der Waals surface area contributed by atoms with Gasteiger partial charge in [0.1, 0.15) is 6.61 Å². The van der Waals surface area contributed by atoms with Gasteiger partial charge in [-0.3, -0.25) is 4.79 Å². The molecule has 0 spiro atoms. The van der Waals surface area contributed by atoms with Crippen molar-refractivity contribution in [1.29, 1.82) is 0 Å². The number of anilines is 1. The van der Waals surface area contributed by atoms with E-state index in [0.717, 1.165) is 22.3 Å². The number of carboxylic acids is 1. The second kappa shape index (κ2) is 10.4. The van der Waals surface area contributed by atoms with Crippen molar-refractivity contribution >= 4 is 23.7 Å². The highest BCUT2D eigenvalue weighted by atomic mass is 16.5. The molecule has 0 aliphatic heterocycles. The summed E-state index contributed by atoms with van der Waals surface area (Å²) in [6, 6.07) is 22.3. The van der Waals surface area contributed by atoms with Crippen LogP contribution in [0.2, 0.25) is 0 Å². The molecule has 0 fully saturated rings. The number of aromatic carboxylic acids is 1. The molecule has 3 aromatic carbocycles. The summed E-state index contributed by atoms with van der Waals surface area (Å²) in [6.07, 6.45) is -1.70. The van der Waals surface area contributed by atoms with E-state index in [2.05, 4.69) is 17.4 Å². The second-order valence-corrected chi connectivity index (χ2v) is 8.15. The summed E-state index contributed by atoms with van der Waals surface area (Å²) in [6.45, 7) is 0.0168. The third kappa shape index (κ3) is 4.88. The highest BCUT2D eigenvalue weighted by molar-refractivity contribution is 6.03. The number of carbonyl (C=O) groups is 3. The number of ether oxygens (including phenoxy) is 2. The molecule has 35 heavy (non-hydrogen) atoms. The van der Waals surface area contributed by atoms with Gasteiger partial charge in [0.05, 0.1) is 17.8 Å². The maximum absolute atomic E-state index is 12.9. The first-order valence-electron chi connectivity index (χ1n) is 11.1. The van der Waals surface area contributed by atoms with Crippen molar-refractivity contribution in [3.05, 3.63) is 89.5 Å². The van der Waals surface area contributed by atoms with E-state index in [1.165, 1.54) is 31.2 Å². The van der Waals surface area contributed by atoms with Gasteiger partial charge in [0.2, 0.25) is 0 Å². The molecule has 4 rings (SSSR count). The number of hydrogen-bond acceptors (Lipinski definition) is 5. The predicted molar refractivity (Wildman–Crippen MR) is 131 cm³/mol. The Balaban J connectivity index is 1.37. The van der Waals surface area contributed by atoms with Crippen molar-refractivity contribution in [3.63, 3.8) is 0 Å². The lowest BCUT2D eigenvalue weighted by Crippen LogP contribution is -2.45. The molecular formula is C27H26N2O6. The van der Waals surface area contributed by atoms with Crippen LogP contribution >= 0.6 is 0 Å². The third-order valence-electron chi connectivity index (χ3n) is 6.16. The normalized spacial score (nSPS) is 12.9. The van der Waals surface area contributed by atoms with E-state index in [9.17, 15) is 19.5 Å². The Kier molecular flexibility index (Phi) is 7.12. The van der Waals surface area contributed by atoms with E-state index in [1.54, 1.807) is 12.1 Å². The Morgan fingerprint density at radius 1 is 0.943 bits per heavy atom. The minimum Gasteiger partial charge on any atom is -0.478 e. The van der Waals surface area contributed by atoms with Crippen LogP contribution < -0.4 is 10.2 Å². The fourth-order valence-electron chi connectivity index (χ4n) is 4.38. The molecule has 8 nitrogen and oxygen atoms in total. The molecule has 1 unspecified atom stereocenters. The molecular weight excluding hydrogens is 448 g/mol. The van der Waals surface area contributed by atoms with E-state index >= 15 is 0 Å². The summed E-state index contributed by atoms with van der Waals surface area (Å²) in [5.74, 6) is -1.72. The van der Waals surface area contributed by atoms with Crippen molar-refractivity contribution < 1.29 is 29.0 Å². The number of para-hydroxylation sites is 1. The van der Waals surface area contributed by atoms with Crippen LogP contribution in [0.5, 0.6) is 0 Å². The van der Waals surface area contributed by atoms with Crippen LogP contribution in [0.1, 0.15) is 27.4 Å². The van der Waals surface area contributed by atoms with Gasteiger partial charge in [0.25, 0.3) is 5.91 Å². The highest BCUT2D eigenvalue weighted by Gasteiger charge is 2.30. The fraction of sp³-hybridized carbons (Fsp3) is 0.222. The van der Waals surface area contributed by atoms with Gasteiger partial charge in [0, 0.05) is 20.1 Å². The first-order valence-corrected chi connectivity index (χ1v) is 11.1. The maximum Gasteiger partial charge on any atom is 0.407 e. The number of benzene rings is 3. The Hall–Kier alpha value is -4.17. The number of alkyl carbamates (subject to hydrolysis) is 1. The predicted octanol–water partition coefficient (Wildman–Crippen LogP) is 3.90. The zero-order valence-corrected chi connectivity index (χ0v) is 19.4. The molecule has 1 aliphatic rings. The Morgan fingerprint density at radius 2 is 1.51 bits per heavy atom. The molecule has 2 amide bonds. The van der Waals surface area contributed by atoms with Gasteiger partial charge < -0.3 is 24.8 Å². The lowest BCUT2D eigenvalue weighted by molar-refractivity contribution is -0.127. The number of rotatable bonds is 8. The van der Waals surface area contributed by atoms with Crippen LogP contribution in [0.3, 0.4) is 0 Å². The van der Waals surface area contributed by atoms with Gasteiger partial charge in [0.15, 0.2) is 6.10 Å². The van der Waals surface area contributed by atoms with Crippen LogP contribution in [0, 0.1) is 0 Å². The minimum atomic E-state index is -1.15. The summed E-state index contributed by atoms with van der Waals surface area (Å²) in [5, 5.41) is 12.0. The van der Waals surface area contributed by atoms with Crippen LogP contribution in [0.15, 0.2) is 72.8 Å². The summed E-state index contributed by atoms with van der Waals surface area (Å²) < 4.78 is 10.8. The molecule has 1 atom stereocenters. The van der Waals surface area contributed by atoms with Crippen molar-refractivity contribution in [3.8, 4) is 11.1 Å². The smallest absolute Gasteiger partial charge is 0.407 e. The lowest BCUT2D eigenvalue weighted by Gasteiger charge is -2.24. The Bertz CT molecular complexity index is 1210. The van der Waals surface area contributed by atoms with E-state index in [4.69, 9.17) is 9.47 Å². The summed E-state index contributed by atoms with van der Waals surface area (Å²) in [7, 11) is 2.81. The maximum atomic E-state index is 12.9. The number of hydrogen-bond donors (Lipinski definition) is 2. The number of amides is 2. The zero-order valence-electron chi connectivity index (χ0n) is 19.4. The first kappa shape index (κ1) is 24.0. The molecule has 3 aromatic rings. The van der Waals surface area contributed by atoms with Gasteiger partial charge >= 0.3 is 12.1 Å². The van der Waals surface area contributed by atoms with E-state index in [1.807, 2.05) is 36.4 Å². The standard InChI is InChI=1S/C27H26N2O6/c1-29(23-14-8-7-13-21(23)26(31)32)25(30)24(34-2)15-28-27(33)35-16-22-19-11-5-3-9-17(19)18-10-4-6-12-20(18)22/h3-14,22,24H,15-16H2,1-2H3,(H,28,33)(H,31,32). The van der Waals surface area contributed by atoms with Gasteiger partial charge in [-0.15, -0.1) is 0 Å². The molecule has 0 heterocycles. The van der Waals surface area contributed by atoms with Crippen molar-refractivity contribution in [2.45, 2.75) is 12.0 Å². The quantitative estimate of drug-likeness (QED) is 0.513. The van der Waals surface area contributed by atoms with Crippen LogP contribution in [0.4, 0.5) is 10.5 Å². The molecule has 0 aromatic heterocycles. The number of likely N-dealkylation sites (N-methyl/N-ethyl adjacent to an activating group) is 1. The molecule has 0 bridgehead atoms. The summed E-state index contributed by atoms with van der Waals surface area (Å²) in [4.78, 5) is 38.1. The Morgan fingerprint density at radius 3 is 2.11 bits per heavy atom. The SMILES string of the molecule is COC(CNC(=O)OCC1c2ccccc2-c2ccccc21)C(=O)N(C)c1ccccc1C(=O)O. The average Bonchev–Trinajstić information content (AvgIpc) is 3.20. The van der Waals surface area contributed by atoms with E-state index < -0.39 is 24.1 Å². The van der Waals surface area contributed by atoms with Gasteiger partial charge in [-0.05, 0) is 34.4 Å². The molecule has 0 saturated carbocycles. The number of methoxy groups -OCH3 is 1. The van der Waals surface area contributed by atoms with Crippen LogP contribution in [-0.2, 0) is 14.3 Å². The first-order chi connectivity index (χ1) is 16.9. The third-order valence-corrected chi connectivity index (χ3v) is 6.16. The molecule has 0 saturated heterocycles. The summed E-state index contributed by atoms with van der Waals surface area (Å²) >= 11 is 0. The molecule has 2 N–H and O–H groups in total. The molecule has 8 heteroatoms. The van der Waals surface area contributed by atoms with E-state index in [-0.39, 0.29) is 30.3 Å². The largest absolute Gasteiger partial charge is 0.478 e. The monoisotopic (exact) mass is 474 g/mol. The molecule has 1 aliphatic carbocycles. The average molecular weight is 475 g/mol. The molecule has 180 valence electrons. The fourth-order valence-corrected chi connectivity index (χ4v) is 4.38. The number of carboxylic acid groups (broad SMARTS) is 1.